The van der Waals surface area contributed by atoms with Crippen LogP contribution in [-0.4, -0.2) is 20.7 Å². The monoisotopic (exact) mass is 679 g/mol. The van der Waals surface area contributed by atoms with Crippen molar-refractivity contribution in [3.8, 4) is 5.69 Å². The van der Waals surface area contributed by atoms with Crippen LogP contribution in [0.4, 0.5) is 26.3 Å². The molecule has 0 fully saturated rings. The summed E-state index contributed by atoms with van der Waals surface area (Å²) in [6.45, 7) is 8.20. The Morgan fingerprint density at radius 3 is 2.12 bits per heavy atom. The molecular formula is C39H28BF6N3O. The molecule has 0 aliphatic carbocycles. The van der Waals surface area contributed by atoms with Crippen LogP contribution in [0.15, 0.2) is 89.3 Å². The van der Waals surface area contributed by atoms with E-state index in [0.717, 1.165) is 39.0 Å². The average molecular weight is 679 g/mol. The maximum atomic E-state index is 14.6. The van der Waals surface area contributed by atoms with Gasteiger partial charge in [0.05, 0.1) is 39.0 Å². The van der Waals surface area contributed by atoms with Gasteiger partial charge in [0.2, 0.25) is 5.78 Å². The van der Waals surface area contributed by atoms with Gasteiger partial charge >= 0.3 is 12.4 Å². The van der Waals surface area contributed by atoms with Gasteiger partial charge in [-0.15, -0.1) is 0 Å². The number of para-hydroxylation sites is 1. The van der Waals surface area contributed by atoms with Crippen LogP contribution in [-0.2, 0) is 12.4 Å². The Morgan fingerprint density at radius 1 is 0.740 bits per heavy atom. The van der Waals surface area contributed by atoms with Gasteiger partial charge in [-0.05, 0) is 64.1 Å². The Morgan fingerprint density at radius 2 is 1.44 bits per heavy atom. The highest BCUT2D eigenvalue weighted by atomic mass is 19.4. The molecule has 8 aromatic rings. The molecule has 0 saturated carbocycles. The summed E-state index contributed by atoms with van der Waals surface area (Å²) in [5.74, 6) is 0.384. The second-order valence-corrected chi connectivity index (χ2v) is 13.8. The lowest BCUT2D eigenvalue weighted by atomic mass is 9.35. The quantitative estimate of drug-likeness (QED) is 0.138. The molecule has 0 amide bonds. The van der Waals surface area contributed by atoms with E-state index >= 15 is 0 Å². The molecule has 0 atom stereocenters. The van der Waals surface area contributed by atoms with Gasteiger partial charge in [0.25, 0.3) is 6.71 Å². The Bertz CT molecular complexity index is 2690. The number of benzene rings is 5. The van der Waals surface area contributed by atoms with Crippen molar-refractivity contribution in [2.45, 2.75) is 51.9 Å². The molecule has 5 aromatic carbocycles. The molecule has 1 aliphatic rings. The highest BCUT2D eigenvalue weighted by molar-refractivity contribution is 6.98. The zero-order valence-electron chi connectivity index (χ0n) is 27.3. The lowest BCUT2D eigenvalue weighted by Gasteiger charge is -2.30. The van der Waals surface area contributed by atoms with E-state index in [0.29, 0.717) is 33.2 Å². The SMILES string of the molecule is CC(C)c1cccc(C(C)C)c1B1c2oc3ccccc3c2-n2c3c1ccc1cccc(c13)n1c3cc(C(F)(F)F)cc(C(F)(F)F)c3nc21. The van der Waals surface area contributed by atoms with Crippen molar-refractivity contribution >= 4 is 72.9 Å². The van der Waals surface area contributed by atoms with Crippen LogP contribution in [0.25, 0.3) is 55.3 Å². The lowest BCUT2D eigenvalue weighted by Crippen LogP contribution is -2.58. The van der Waals surface area contributed by atoms with Crippen LogP contribution >= 0.6 is 0 Å². The van der Waals surface area contributed by atoms with Gasteiger partial charge in [0.1, 0.15) is 11.1 Å². The Kier molecular flexibility index (Phi) is 6.28. The van der Waals surface area contributed by atoms with Crippen molar-refractivity contribution in [1.29, 1.82) is 0 Å². The van der Waals surface area contributed by atoms with Crippen molar-refractivity contribution in [2.75, 3.05) is 0 Å². The number of aromatic nitrogens is 3. The van der Waals surface area contributed by atoms with E-state index in [-0.39, 0.29) is 29.2 Å². The van der Waals surface area contributed by atoms with E-state index in [1.54, 1.807) is 12.1 Å². The van der Waals surface area contributed by atoms with E-state index < -0.39 is 35.7 Å². The van der Waals surface area contributed by atoms with Gasteiger partial charge in [0.15, 0.2) is 0 Å². The number of fused-ring (bicyclic) bond motifs is 9. The number of nitrogens with zero attached hydrogens (tertiary/aromatic N) is 3. The van der Waals surface area contributed by atoms with Crippen molar-refractivity contribution in [3.05, 3.63) is 107 Å². The van der Waals surface area contributed by atoms with E-state index in [1.165, 1.54) is 4.40 Å². The molecule has 11 heteroatoms. The normalized spacial score (nSPS) is 13.7. The first kappa shape index (κ1) is 30.8. The smallest absolute Gasteiger partial charge is 0.418 e. The van der Waals surface area contributed by atoms with Crippen LogP contribution in [0.1, 0.15) is 61.8 Å². The Balaban J connectivity index is 1.56. The molecule has 0 N–H and O–H groups in total. The first-order chi connectivity index (χ1) is 23.8. The van der Waals surface area contributed by atoms with Crippen molar-refractivity contribution < 1.29 is 30.8 Å². The second-order valence-electron chi connectivity index (χ2n) is 13.8. The number of imidazole rings is 1. The zero-order valence-corrected chi connectivity index (χ0v) is 27.3. The zero-order chi connectivity index (χ0) is 35.0. The highest BCUT2D eigenvalue weighted by Gasteiger charge is 2.43. The molecule has 0 unspecified atom stereocenters. The van der Waals surface area contributed by atoms with E-state index in [1.807, 2.05) is 47.0 Å². The number of halogens is 6. The third-order valence-electron chi connectivity index (χ3n) is 10.2. The molecule has 1 aliphatic heterocycles. The topological polar surface area (TPSA) is 35.4 Å². The van der Waals surface area contributed by atoms with E-state index in [4.69, 9.17) is 4.42 Å². The first-order valence-corrected chi connectivity index (χ1v) is 16.5. The van der Waals surface area contributed by atoms with Gasteiger partial charge in [-0.3, -0.25) is 8.97 Å². The third kappa shape index (κ3) is 4.12. The fourth-order valence-electron chi connectivity index (χ4n) is 8.11. The summed E-state index contributed by atoms with van der Waals surface area (Å²) in [6.07, 6.45) is -10.1. The summed E-state index contributed by atoms with van der Waals surface area (Å²) in [5.41, 5.74) is 3.56. The number of hydrogen-bond donors (Lipinski definition) is 0. The number of alkyl halides is 6. The van der Waals surface area contributed by atoms with Gasteiger partial charge in [-0.1, -0.05) is 87.8 Å². The molecule has 0 bridgehead atoms. The van der Waals surface area contributed by atoms with E-state index in [9.17, 15) is 26.3 Å². The number of rotatable bonds is 3. The molecule has 50 heavy (non-hydrogen) atoms. The maximum Gasteiger partial charge on any atom is 0.418 e. The second kappa shape index (κ2) is 10.2. The molecular weight excluding hydrogens is 651 g/mol. The predicted octanol–water partition coefficient (Wildman–Crippen LogP) is 9.44. The Hall–Kier alpha value is -5.19. The van der Waals surface area contributed by atoms with Gasteiger partial charge in [-0.25, -0.2) is 4.98 Å². The van der Waals surface area contributed by atoms with Crippen LogP contribution in [0.5, 0.6) is 0 Å². The fraction of sp³-hybridized carbons (Fsp3) is 0.205. The number of furan rings is 1. The number of hydrogen-bond acceptors (Lipinski definition) is 2. The molecule has 4 heterocycles. The minimum atomic E-state index is -5.09. The van der Waals surface area contributed by atoms with Gasteiger partial charge in [-0.2, -0.15) is 26.3 Å². The average Bonchev–Trinajstić information content (AvgIpc) is 3.64. The van der Waals surface area contributed by atoms with Gasteiger partial charge < -0.3 is 4.42 Å². The fourth-order valence-corrected chi connectivity index (χ4v) is 8.11. The molecule has 250 valence electrons. The lowest BCUT2D eigenvalue weighted by molar-refractivity contribution is -0.142. The van der Waals surface area contributed by atoms with Gasteiger partial charge in [0, 0.05) is 10.8 Å². The van der Waals surface area contributed by atoms with Crippen molar-refractivity contribution in [3.63, 3.8) is 0 Å². The molecule has 4 nitrogen and oxygen atoms in total. The van der Waals surface area contributed by atoms with Crippen LogP contribution in [0.3, 0.4) is 0 Å². The Labute approximate surface area is 282 Å². The molecule has 0 spiro atoms. The summed E-state index contributed by atoms with van der Waals surface area (Å²) in [5, 5.41) is 2.21. The van der Waals surface area contributed by atoms with Crippen LogP contribution in [0.2, 0.25) is 0 Å². The first-order valence-electron chi connectivity index (χ1n) is 16.5. The predicted molar refractivity (Wildman–Crippen MR) is 186 cm³/mol. The minimum absolute atomic E-state index is 0.0600. The maximum absolute atomic E-state index is 14.6. The summed E-state index contributed by atoms with van der Waals surface area (Å²) < 4.78 is 96.4. The van der Waals surface area contributed by atoms with Crippen molar-refractivity contribution in [2.24, 2.45) is 0 Å². The van der Waals surface area contributed by atoms with Crippen LogP contribution in [0, 0.1) is 0 Å². The molecule has 0 radical (unpaired) electrons. The van der Waals surface area contributed by atoms with E-state index in [2.05, 4.69) is 50.9 Å². The molecule has 9 rings (SSSR count). The standard InChI is InChI=1S/C39H28BF6N3O/c1-19(2)23-11-8-12-24(20(3)4)32(23)40-27-16-15-21-9-7-13-28-31(21)35(27)49(34-25-10-5-6-14-30(25)50-36(34)40)37-47-33-26(39(44,45)46)17-22(38(41,42)43)18-29(33)48(28)37/h5-20H,1-4H3. The molecule has 3 aromatic heterocycles. The largest absolute Gasteiger partial charge is 0.468 e. The van der Waals surface area contributed by atoms with Crippen molar-refractivity contribution in [1.82, 2.24) is 14.0 Å². The van der Waals surface area contributed by atoms with Crippen LogP contribution < -0.4 is 16.6 Å². The summed E-state index contributed by atoms with van der Waals surface area (Å²) in [4.78, 5) is 4.59. The minimum Gasteiger partial charge on any atom is -0.468 e. The summed E-state index contributed by atoms with van der Waals surface area (Å²) in [6, 6.07) is 24.1. The summed E-state index contributed by atoms with van der Waals surface area (Å²) >= 11 is 0. The summed E-state index contributed by atoms with van der Waals surface area (Å²) in [7, 11) is 0. The third-order valence-corrected chi connectivity index (χ3v) is 10.2. The molecule has 0 saturated heterocycles. The highest BCUT2D eigenvalue weighted by Crippen LogP contribution is 2.43.